The third kappa shape index (κ3) is 5.22. The van der Waals surface area contributed by atoms with Gasteiger partial charge in [0.2, 0.25) is 0 Å². The number of fused-ring (bicyclic) bond motifs is 1. The van der Waals surface area contributed by atoms with Gasteiger partial charge in [0, 0.05) is 43.2 Å². The predicted octanol–water partition coefficient (Wildman–Crippen LogP) is 3.06. The number of hydrogen-bond donors (Lipinski definition) is 1. The standard InChI is InChI=1S/C25H28FN5O2/c26-23-4-2-1-3-19(23)16-30-11-7-18(8-12-30)15-28-25(32)24-14-20-13-22(17-31(20)29-24)33-21-5-9-27-10-6-21/h1-6,9-10,14,18,22H,7-8,11-13,15-17H2,(H,28,32)/t22-/m0/s1. The maximum atomic E-state index is 13.9. The number of hydrogen-bond acceptors (Lipinski definition) is 5. The molecule has 0 bridgehead atoms. The van der Waals surface area contributed by atoms with Crippen LogP contribution in [0.15, 0.2) is 54.9 Å². The van der Waals surface area contributed by atoms with Gasteiger partial charge in [-0.05, 0) is 56.1 Å². The van der Waals surface area contributed by atoms with Crippen molar-refractivity contribution in [1.29, 1.82) is 0 Å². The summed E-state index contributed by atoms with van der Waals surface area (Å²) in [5, 5.41) is 7.53. The Labute approximate surface area is 192 Å². The quantitative estimate of drug-likeness (QED) is 0.600. The van der Waals surface area contributed by atoms with E-state index >= 15 is 0 Å². The van der Waals surface area contributed by atoms with E-state index in [-0.39, 0.29) is 17.8 Å². The van der Waals surface area contributed by atoms with E-state index in [4.69, 9.17) is 4.74 Å². The predicted molar refractivity (Wildman–Crippen MR) is 121 cm³/mol. The van der Waals surface area contributed by atoms with E-state index in [0.717, 1.165) is 49.4 Å². The van der Waals surface area contributed by atoms with Crippen molar-refractivity contribution in [1.82, 2.24) is 25.0 Å². The van der Waals surface area contributed by atoms with Crippen molar-refractivity contribution in [2.24, 2.45) is 5.92 Å². The number of nitrogens with zero attached hydrogens (tertiary/aromatic N) is 4. The van der Waals surface area contributed by atoms with Crippen molar-refractivity contribution < 1.29 is 13.9 Å². The van der Waals surface area contributed by atoms with Crippen LogP contribution in [0.3, 0.4) is 0 Å². The Kier molecular flexibility index (Phi) is 6.35. The van der Waals surface area contributed by atoms with Crippen LogP contribution in [0.4, 0.5) is 4.39 Å². The first kappa shape index (κ1) is 21.6. The first-order valence-corrected chi connectivity index (χ1v) is 11.5. The second-order valence-electron chi connectivity index (χ2n) is 8.85. The molecule has 1 atom stereocenters. The van der Waals surface area contributed by atoms with Gasteiger partial charge in [0.25, 0.3) is 5.91 Å². The summed E-state index contributed by atoms with van der Waals surface area (Å²) in [6.45, 7) is 3.73. The third-order valence-corrected chi connectivity index (χ3v) is 6.47. The van der Waals surface area contributed by atoms with E-state index in [0.29, 0.717) is 31.2 Å². The number of amides is 1. The number of pyridine rings is 1. The molecular weight excluding hydrogens is 421 g/mol. The Balaban J connectivity index is 1.06. The van der Waals surface area contributed by atoms with Gasteiger partial charge >= 0.3 is 0 Å². The third-order valence-electron chi connectivity index (χ3n) is 6.47. The van der Waals surface area contributed by atoms with Crippen molar-refractivity contribution >= 4 is 5.91 Å². The molecular formula is C25H28FN5O2. The number of piperidine rings is 1. The lowest BCUT2D eigenvalue weighted by Gasteiger charge is -2.32. The second kappa shape index (κ2) is 9.70. The Bertz CT molecular complexity index is 1070. The minimum atomic E-state index is -0.144. The van der Waals surface area contributed by atoms with Gasteiger partial charge in [-0.2, -0.15) is 5.10 Å². The fraction of sp³-hybridized carbons (Fsp3) is 0.400. The number of carbonyl (C=O) groups is 1. The van der Waals surface area contributed by atoms with Crippen LogP contribution in [-0.4, -0.2) is 51.3 Å². The molecule has 1 fully saturated rings. The molecule has 8 heteroatoms. The Morgan fingerprint density at radius 2 is 1.94 bits per heavy atom. The van der Waals surface area contributed by atoms with Crippen LogP contribution in [0, 0.1) is 11.7 Å². The molecule has 0 saturated carbocycles. The molecule has 1 saturated heterocycles. The molecule has 0 radical (unpaired) electrons. The first-order chi connectivity index (χ1) is 16.1. The summed E-state index contributed by atoms with van der Waals surface area (Å²) in [6, 6.07) is 12.5. The fourth-order valence-corrected chi connectivity index (χ4v) is 4.61. The molecule has 5 rings (SSSR count). The summed E-state index contributed by atoms with van der Waals surface area (Å²) in [5.41, 5.74) is 2.22. The number of aromatic nitrogens is 3. The molecule has 3 aromatic rings. The van der Waals surface area contributed by atoms with E-state index in [1.807, 2.05) is 35.0 Å². The van der Waals surface area contributed by atoms with Crippen molar-refractivity contribution in [3.63, 3.8) is 0 Å². The average Bonchev–Trinajstić information content (AvgIpc) is 3.39. The molecule has 1 amide bonds. The molecule has 0 aliphatic carbocycles. The van der Waals surface area contributed by atoms with Crippen LogP contribution in [0.25, 0.3) is 0 Å². The molecule has 2 aliphatic heterocycles. The highest BCUT2D eigenvalue weighted by molar-refractivity contribution is 5.92. The molecule has 4 heterocycles. The average molecular weight is 450 g/mol. The van der Waals surface area contributed by atoms with Gasteiger partial charge in [-0.1, -0.05) is 18.2 Å². The van der Waals surface area contributed by atoms with E-state index in [1.165, 1.54) is 6.07 Å². The lowest BCUT2D eigenvalue weighted by molar-refractivity contribution is 0.0928. The maximum absolute atomic E-state index is 13.9. The van der Waals surface area contributed by atoms with Gasteiger partial charge < -0.3 is 10.1 Å². The molecule has 2 aliphatic rings. The molecule has 33 heavy (non-hydrogen) atoms. The van der Waals surface area contributed by atoms with E-state index in [2.05, 4.69) is 20.3 Å². The normalized spacial score (nSPS) is 18.8. The van der Waals surface area contributed by atoms with Crippen molar-refractivity contribution in [2.45, 2.75) is 38.5 Å². The van der Waals surface area contributed by atoms with Gasteiger partial charge in [0.15, 0.2) is 0 Å². The van der Waals surface area contributed by atoms with Crippen molar-refractivity contribution in [2.75, 3.05) is 19.6 Å². The number of carbonyl (C=O) groups excluding carboxylic acids is 1. The topological polar surface area (TPSA) is 72.3 Å². The van der Waals surface area contributed by atoms with Gasteiger partial charge in [-0.3, -0.25) is 19.4 Å². The Morgan fingerprint density at radius 3 is 2.70 bits per heavy atom. The SMILES string of the molecule is O=C(NCC1CCN(Cc2ccccc2F)CC1)c1cc2n(n1)C[C@@H](Oc1ccncc1)C2. The number of halogens is 1. The fourth-order valence-electron chi connectivity index (χ4n) is 4.61. The number of rotatable bonds is 7. The van der Waals surface area contributed by atoms with E-state index in [1.54, 1.807) is 18.5 Å². The summed E-state index contributed by atoms with van der Waals surface area (Å²) >= 11 is 0. The highest BCUT2D eigenvalue weighted by Gasteiger charge is 2.27. The largest absolute Gasteiger partial charge is 0.488 e. The molecule has 1 N–H and O–H groups in total. The monoisotopic (exact) mass is 449 g/mol. The van der Waals surface area contributed by atoms with Gasteiger partial charge in [0.05, 0.1) is 6.54 Å². The highest BCUT2D eigenvalue weighted by Crippen LogP contribution is 2.22. The zero-order chi connectivity index (χ0) is 22.6. The summed E-state index contributed by atoms with van der Waals surface area (Å²) in [5.74, 6) is 0.948. The highest BCUT2D eigenvalue weighted by atomic mass is 19.1. The Morgan fingerprint density at radius 1 is 1.15 bits per heavy atom. The maximum Gasteiger partial charge on any atom is 0.271 e. The Hall–Kier alpha value is -3.26. The first-order valence-electron chi connectivity index (χ1n) is 11.5. The van der Waals surface area contributed by atoms with E-state index in [9.17, 15) is 9.18 Å². The molecule has 2 aromatic heterocycles. The number of benzene rings is 1. The summed E-state index contributed by atoms with van der Waals surface area (Å²) in [4.78, 5) is 18.9. The zero-order valence-electron chi connectivity index (χ0n) is 18.5. The second-order valence-corrected chi connectivity index (χ2v) is 8.85. The molecule has 0 unspecified atom stereocenters. The van der Waals surface area contributed by atoms with Crippen LogP contribution in [0.5, 0.6) is 5.75 Å². The molecule has 0 spiro atoms. The van der Waals surface area contributed by atoms with Crippen LogP contribution in [0.1, 0.15) is 34.6 Å². The smallest absolute Gasteiger partial charge is 0.271 e. The number of likely N-dealkylation sites (tertiary alicyclic amines) is 1. The minimum Gasteiger partial charge on any atom is -0.488 e. The summed E-state index contributed by atoms with van der Waals surface area (Å²) < 4.78 is 21.7. The summed E-state index contributed by atoms with van der Waals surface area (Å²) in [6.07, 6.45) is 6.13. The van der Waals surface area contributed by atoms with Crippen molar-refractivity contribution in [3.8, 4) is 5.75 Å². The van der Waals surface area contributed by atoms with Crippen LogP contribution in [-0.2, 0) is 19.5 Å². The van der Waals surface area contributed by atoms with Gasteiger partial charge in [-0.25, -0.2) is 4.39 Å². The summed E-state index contributed by atoms with van der Waals surface area (Å²) in [7, 11) is 0. The van der Waals surface area contributed by atoms with Gasteiger partial charge in [0.1, 0.15) is 23.4 Å². The zero-order valence-corrected chi connectivity index (χ0v) is 18.5. The van der Waals surface area contributed by atoms with Gasteiger partial charge in [-0.15, -0.1) is 0 Å². The number of nitrogens with one attached hydrogen (secondary N) is 1. The minimum absolute atomic E-state index is 0.0153. The van der Waals surface area contributed by atoms with Crippen LogP contribution in [0.2, 0.25) is 0 Å². The van der Waals surface area contributed by atoms with Crippen LogP contribution < -0.4 is 10.1 Å². The molecule has 1 aromatic carbocycles. The lowest BCUT2D eigenvalue weighted by atomic mass is 9.96. The number of ether oxygens (including phenoxy) is 1. The van der Waals surface area contributed by atoms with E-state index < -0.39 is 0 Å². The van der Waals surface area contributed by atoms with Crippen LogP contribution >= 0.6 is 0 Å². The van der Waals surface area contributed by atoms with Crippen molar-refractivity contribution in [3.05, 3.63) is 77.6 Å². The lowest BCUT2D eigenvalue weighted by Crippen LogP contribution is -2.38. The molecule has 172 valence electrons. The molecule has 7 nitrogen and oxygen atoms in total.